The van der Waals surface area contributed by atoms with Gasteiger partial charge < -0.3 is 0 Å². The highest BCUT2D eigenvalue weighted by Gasteiger charge is 2.00. The largest absolute Gasteiger partial charge is 0.0651 e. The number of hydrogen-bond donors (Lipinski definition) is 0. The van der Waals surface area contributed by atoms with E-state index in [4.69, 9.17) is 0 Å². The van der Waals surface area contributed by atoms with E-state index in [9.17, 15) is 0 Å². The fourth-order valence-electron chi connectivity index (χ4n) is 2.18. The predicted molar refractivity (Wildman–Crippen MR) is 92.6 cm³/mol. The second kappa shape index (κ2) is 8.43. The zero-order valence-corrected chi connectivity index (χ0v) is 13.9. The van der Waals surface area contributed by atoms with E-state index in [0.717, 1.165) is 0 Å². The maximum Gasteiger partial charge on any atom is 0.0189 e. The molecule has 0 atom stereocenters. The van der Waals surface area contributed by atoms with Gasteiger partial charge in [-0.2, -0.15) is 0 Å². The molecule has 0 aromatic heterocycles. The van der Waals surface area contributed by atoms with Crippen molar-refractivity contribution < 1.29 is 0 Å². The molecule has 0 spiro atoms. The Labute approximate surface area is 130 Å². The summed E-state index contributed by atoms with van der Waals surface area (Å²) in [5, 5.41) is 0. The van der Waals surface area contributed by atoms with Crippen molar-refractivity contribution in [3.05, 3.63) is 59.7 Å². The molecule has 0 bridgehead atoms. The summed E-state index contributed by atoms with van der Waals surface area (Å²) in [6.07, 6.45) is 4.76. The molecule has 0 aliphatic rings. The minimum absolute atomic E-state index is 1.17. The standard InChI is InChI=1S/C18H22S2/c1-3-7-15-9-5-11-17(13-15)19-20-18-12-6-10-16(14-18)8-4-2/h5-6,9-14H,3-4,7-8H2,1-2H3. The van der Waals surface area contributed by atoms with Crippen LogP contribution in [-0.4, -0.2) is 0 Å². The van der Waals surface area contributed by atoms with Crippen LogP contribution in [0.1, 0.15) is 37.8 Å². The molecule has 2 aromatic rings. The van der Waals surface area contributed by atoms with Crippen molar-refractivity contribution in [2.24, 2.45) is 0 Å². The van der Waals surface area contributed by atoms with Crippen LogP contribution in [0.15, 0.2) is 58.3 Å². The molecule has 0 nitrogen and oxygen atoms in total. The summed E-state index contributed by atoms with van der Waals surface area (Å²) in [5.74, 6) is 0. The van der Waals surface area contributed by atoms with E-state index in [1.807, 2.05) is 21.6 Å². The zero-order valence-electron chi connectivity index (χ0n) is 12.3. The molecular formula is C18H22S2. The lowest BCUT2D eigenvalue weighted by Crippen LogP contribution is -1.83. The van der Waals surface area contributed by atoms with Gasteiger partial charge in [0.05, 0.1) is 0 Å². The first-order chi connectivity index (χ1) is 9.81. The fourth-order valence-corrected chi connectivity index (χ4v) is 4.24. The molecule has 0 saturated carbocycles. The first-order valence-electron chi connectivity index (χ1n) is 7.34. The predicted octanol–water partition coefficient (Wildman–Crippen LogP) is 6.39. The van der Waals surface area contributed by atoms with Gasteiger partial charge in [-0.15, -0.1) is 0 Å². The Hall–Kier alpha value is -0.860. The summed E-state index contributed by atoms with van der Waals surface area (Å²) in [6, 6.07) is 17.8. The van der Waals surface area contributed by atoms with Gasteiger partial charge in [-0.1, -0.05) is 72.5 Å². The summed E-state index contributed by atoms with van der Waals surface area (Å²) in [5.41, 5.74) is 2.88. The highest BCUT2D eigenvalue weighted by atomic mass is 33.1. The van der Waals surface area contributed by atoms with Crippen LogP contribution in [0, 0.1) is 0 Å². The van der Waals surface area contributed by atoms with E-state index in [-0.39, 0.29) is 0 Å². The van der Waals surface area contributed by atoms with Gasteiger partial charge in [0.15, 0.2) is 0 Å². The molecule has 0 radical (unpaired) electrons. The monoisotopic (exact) mass is 302 g/mol. The quantitative estimate of drug-likeness (QED) is 0.543. The van der Waals surface area contributed by atoms with Gasteiger partial charge in [-0.05, 0) is 48.2 Å². The van der Waals surface area contributed by atoms with Gasteiger partial charge in [0.2, 0.25) is 0 Å². The average molecular weight is 303 g/mol. The van der Waals surface area contributed by atoms with Crippen LogP contribution in [0.2, 0.25) is 0 Å². The third kappa shape index (κ3) is 4.92. The molecule has 0 fully saturated rings. The van der Waals surface area contributed by atoms with E-state index >= 15 is 0 Å². The van der Waals surface area contributed by atoms with Crippen LogP contribution in [0.4, 0.5) is 0 Å². The molecule has 2 heteroatoms. The van der Waals surface area contributed by atoms with E-state index < -0.39 is 0 Å². The summed E-state index contributed by atoms with van der Waals surface area (Å²) in [4.78, 5) is 2.70. The Morgan fingerprint density at radius 1 is 0.700 bits per heavy atom. The van der Waals surface area contributed by atoms with Crippen LogP contribution in [0.5, 0.6) is 0 Å². The van der Waals surface area contributed by atoms with Crippen LogP contribution in [0.25, 0.3) is 0 Å². The van der Waals surface area contributed by atoms with Crippen molar-refractivity contribution in [3.63, 3.8) is 0 Å². The van der Waals surface area contributed by atoms with E-state index in [1.165, 1.54) is 46.6 Å². The molecule has 106 valence electrons. The molecule has 0 heterocycles. The minimum Gasteiger partial charge on any atom is -0.0651 e. The van der Waals surface area contributed by atoms with Crippen LogP contribution in [-0.2, 0) is 12.8 Å². The van der Waals surface area contributed by atoms with Gasteiger partial charge in [-0.25, -0.2) is 0 Å². The first-order valence-corrected chi connectivity index (χ1v) is 9.49. The Kier molecular flexibility index (Phi) is 6.55. The maximum atomic E-state index is 2.32. The SMILES string of the molecule is CCCc1cccc(SSc2cccc(CCC)c2)c1. The Bertz CT molecular complexity index is 485. The molecule has 0 aliphatic heterocycles. The third-order valence-corrected chi connectivity index (χ3v) is 5.49. The number of aryl methyl sites for hydroxylation is 2. The first kappa shape index (κ1) is 15.5. The van der Waals surface area contributed by atoms with Crippen molar-refractivity contribution in [1.82, 2.24) is 0 Å². The van der Waals surface area contributed by atoms with Gasteiger partial charge >= 0.3 is 0 Å². The van der Waals surface area contributed by atoms with Crippen LogP contribution in [0.3, 0.4) is 0 Å². The second-order valence-electron chi connectivity index (χ2n) is 4.96. The zero-order chi connectivity index (χ0) is 14.2. The Morgan fingerprint density at radius 2 is 1.15 bits per heavy atom. The van der Waals surface area contributed by atoms with Crippen molar-refractivity contribution in [3.8, 4) is 0 Å². The normalized spacial score (nSPS) is 10.7. The molecule has 2 aromatic carbocycles. The maximum absolute atomic E-state index is 2.32. The molecule has 0 N–H and O–H groups in total. The second-order valence-corrected chi connectivity index (χ2v) is 7.24. The molecule has 0 amide bonds. The summed E-state index contributed by atoms with van der Waals surface area (Å²) in [7, 11) is 3.71. The van der Waals surface area contributed by atoms with Crippen LogP contribution >= 0.6 is 21.6 Å². The highest BCUT2D eigenvalue weighted by molar-refractivity contribution is 8.76. The topological polar surface area (TPSA) is 0 Å². The van der Waals surface area contributed by atoms with Gasteiger partial charge in [0, 0.05) is 9.79 Å². The van der Waals surface area contributed by atoms with Crippen molar-refractivity contribution >= 4 is 21.6 Å². The van der Waals surface area contributed by atoms with Gasteiger partial charge in [0.1, 0.15) is 0 Å². The smallest absolute Gasteiger partial charge is 0.0189 e. The molecule has 0 saturated heterocycles. The van der Waals surface area contributed by atoms with Crippen molar-refractivity contribution in [2.45, 2.75) is 49.3 Å². The Morgan fingerprint density at radius 3 is 1.55 bits per heavy atom. The highest BCUT2D eigenvalue weighted by Crippen LogP contribution is 2.37. The fraction of sp³-hybridized carbons (Fsp3) is 0.333. The third-order valence-electron chi connectivity index (χ3n) is 3.11. The molecule has 0 unspecified atom stereocenters. The van der Waals surface area contributed by atoms with E-state index in [0.29, 0.717) is 0 Å². The number of rotatable bonds is 7. The van der Waals surface area contributed by atoms with Crippen molar-refractivity contribution in [2.75, 3.05) is 0 Å². The molecule has 0 aliphatic carbocycles. The lowest BCUT2D eigenvalue weighted by molar-refractivity contribution is 0.918. The summed E-state index contributed by atoms with van der Waals surface area (Å²) in [6.45, 7) is 4.46. The number of hydrogen-bond acceptors (Lipinski definition) is 2. The van der Waals surface area contributed by atoms with Gasteiger partial charge in [-0.3, -0.25) is 0 Å². The number of benzene rings is 2. The lowest BCUT2D eigenvalue weighted by atomic mass is 10.1. The van der Waals surface area contributed by atoms with E-state index in [2.05, 4.69) is 62.4 Å². The Balaban J connectivity index is 1.97. The summed E-state index contributed by atoms with van der Waals surface area (Å²) < 4.78 is 0. The lowest BCUT2D eigenvalue weighted by Gasteiger charge is -2.05. The van der Waals surface area contributed by atoms with E-state index in [1.54, 1.807) is 0 Å². The molecule has 20 heavy (non-hydrogen) atoms. The van der Waals surface area contributed by atoms with Crippen molar-refractivity contribution in [1.29, 1.82) is 0 Å². The van der Waals surface area contributed by atoms with Crippen LogP contribution < -0.4 is 0 Å². The molecular weight excluding hydrogens is 280 g/mol. The average Bonchev–Trinajstić information content (AvgIpc) is 2.47. The van der Waals surface area contributed by atoms with Gasteiger partial charge in [0.25, 0.3) is 0 Å². The minimum atomic E-state index is 1.17. The molecule has 2 rings (SSSR count). The summed E-state index contributed by atoms with van der Waals surface area (Å²) >= 11 is 0.